The Morgan fingerprint density at radius 1 is 1.21 bits per heavy atom. The number of ether oxygens (including phenoxy) is 1. The number of carbonyl (C=O) groups excluding carboxylic acids is 1. The monoisotopic (exact) mass is 408 g/mol. The van der Waals surface area contributed by atoms with E-state index in [0.29, 0.717) is 28.2 Å². The number of phenols is 1. The molecule has 2 N–H and O–H groups in total. The lowest BCUT2D eigenvalue weighted by Gasteiger charge is -2.08. The Labute approximate surface area is 171 Å². The highest BCUT2D eigenvalue weighted by Crippen LogP contribution is 2.31. The van der Waals surface area contributed by atoms with Crippen LogP contribution in [0.25, 0.3) is 16.7 Å². The predicted octanol–water partition coefficient (Wildman–Crippen LogP) is 4.35. The van der Waals surface area contributed by atoms with Crippen molar-refractivity contribution in [2.45, 2.75) is 6.92 Å². The molecule has 0 atom stereocenters. The third kappa shape index (κ3) is 3.48. The van der Waals surface area contributed by atoms with E-state index in [0.717, 1.165) is 5.69 Å². The molecule has 29 heavy (non-hydrogen) atoms. The summed E-state index contributed by atoms with van der Waals surface area (Å²) < 4.78 is 6.94. The van der Waals surface area contributed by atoms with Crippen molar-refractivity contribution in [3.8, 4) is 17.2 Å². The number of aromatic hydroxyl groups is 1. The van der Waals surface area contributed by atoms with Crippen LogP contribution in [0.1, 0.15) is 16.1 Å². The number of benzene rings is 2. The van der Waals surface area contributed by atoms with E-state index < -0.39 is 5.91 Å². The van der Waals surface area contributed by atoms with Crippen molar-refractivity contribution < 1.29 is 14.6 Å². The van der Waals surface area contributed by atoms with Crippen LogP contribution in [0, 0.1) is 6.92 Å². The number of phenolic OH excluding ortho intramolecular Hbond substituents is 1. The molecule has 0 fully saturated rings. The Morgan fingerprint density at radius 2 is 1.97 bits per heavy atom. The molecule has 0 saturated heterocycles. The summed E-state index contributed by atoms with van der Waals surface area (Å²) >= 11 is 6.57. The third-order valence-electron chi connectivity index (χ3n) is 4.48. The average molecular weight is 409 g/mol. The SMILES string of the molecule is COc1cccc(-n2nc(C)c3c(Cl)c(C(=O)Nc4ccc(O)cc4)cnc32)c1. The molecule has 0 aliphatic heterocycles. The van der Waals surface area contributed by atoms with Gasteiger partial charge in [-0.15, -0.1) is 0 Å². The Bertz CT molecular complexity index is 1220. The number of methoxy groups -OCH3 is 1. The van der Waals surface area contributed by atoms with Crippen LogP contribution >= 0.6 is 11.6 Å². The molecule has 2 heterocycles. The van der Waals surface area contributed by atoms with Gasteiger partial charge >= 0.3 is 0 Å². The quantitative estimate of drug-likeness (QED) is 0.490. The first kappa shape index (κ1) is 18.8. The Hall–Kier alpha value is -3.58. The fourth-order valence-corrected chi connectivity index (χ4v) is 3.39. The van der Waals surface area contributed by atoms with Crippen LogP contribution in [-0.4, -0.2) is 32.9 Å². The Balaban J connectivity index is 1.75. The molecule has 8 heteroatoms. The first-order chi connectivity index (χ1) is 14.0. The molecule has 0 unspecified atom stereocenters. The minimum Gasteiger partial charge on any atom is -0.508 e. The van der Waals surface area contributed by atoms with Crippen LogP contribution < -0.4 is 10.1 Å². The van der Waals surface area contributed by atoms with Crippen molar-refractivity contribution in [1.82, 2.24) is 14.8 Å². The molecule has 2 aromatic heterocycles. The first-order valence-corrected chi connectivity index (χ1v) is 9.14. The van der Waals surface area contributed by atoms with Crippen LogP contribution in [0.3, 0.4) is 0 Å². The molecule has 2 aromatic carbocycles. The number of hydrogen-bond acceptors (Lipinski definition) is 5. The summed E-state index contributed by atoms with van der Waals surface area (Å²) in [7, 11) is 1.60. The van der Waals surface area contributed by atoms with Crippen molar-refractivity contribution in [3.05, 3.63) is 71.0 Å². The Morgan fingerprint density at radius 3 is 2.69 bits per heavy atom. The number of aromatic nitrogens is 3. The molecule has 4 rings (SSSR count). The fraction of sp³-hybridized carbons (Fsp3) is 0.0952. The van der Waals surface area contributed by atoms with Gasteiger partial charge in [-0.3, -0.25) is 4.79 Å². The maximum absolute atomic E-state index is 12.7. The lowest BCUT2D eigenvalue weighted by molar-refractivity contribution is 0.102. The first-order valence-electron chi connectivity index (χ1n) is 8.76. The van der Waals surface area contributed by atoms with Gasteiger partial charge in [0.1, 0.15) is 11.5 Å². The number of rotatable bonds is 4. The van der Waals surface area contributed by atoms with Crippen LogP contribution in [0.2, 0.25) is 5.02 Å². The number of nitrogens with one attached hydrogen (secondary N) is 1. The second kappa shape index (κ2) is 7.44. The summed E-state index contributed by atoms with van der Waals surface area (Å²) in [6.45, 7) is 1.81. The summed E-state index contributed by atoms with van der Waals surface area (Å²) in [5.41, 5.74) is 2.74. The number of amides is 1. The number of hydrogen-bond donors (Lipinski definition) is 2. The second-order valence-corrected chi connectivity index (χ2v) is 6.76. The molecule has 0 bridgehead atoms. The fourth-order valence-electron chi connectivity index (χ4n) is 3.03. The largest absolute Gasteiger partial charge is 0.508 e. The minimum absolute atomic E-state index is 0.115. The highest BCUT2D eigenvalue weighted by Gasteiger charge is 2.20. The van der Waals surface area contributed by atoms with E-state index in [-0.39, 0.29) is 16.3 Å². The van der Waals surface area contributed by atoms with E-state index in [1.807, 2.05) is 31.2 Å². The van der Waals surface area contributed by atoms with E-state index in [9.17, 15) is 9.90 Å². The van der Waals surface area contributed by atoms with E-state index in [1.54, 1.807) is 23.9 Å². The van der Waals surface area contributed by atoms with Gasteiger partial charge in [0.15, 0.2) is 5.65 Å². The van der Waals surface area contributed by atoms with Crippen molar-refractivity contribution in [2.75, 3.05) is 12.4 Å². The van der Waals surface area contributed by atoms with Gasteiger partial charge < -0.3 is 15.2 Å². The summed E-state index contributed by atoms with van der Waals surface area (Å²) in [6.07, 6.45) is 1.43. The van der Waals surface area contributed by atoms with Crippen LogP contribution in [0.5, 0.6) is 11.5 Å². The summed E-state index contributed by atoms with van der Waals surface area (Å²) in [4.78, 5) is 17.1. The molecule has 1 amide bonds. The zero-order valence-electron chi connectivity index (χ0n) is 15.7. The van der Waals surface area contributed by atoms with Gasteiger partial charge in [0.25, 0.3) is 5.91 Å². The number of pyridine rings is 1. The van der Waals surface area contributed by atoms with Crippen molar-refractivity contribution in [3.63, 3.8) is 0 Å². The van der Waals surface area contributed by atoms with Crippen LogP contribution in [0.15, 0.2) is 54.7 Å². The third-order valence-corrected chi connectivity index (χ3v) is 4.87. The molecule has 0 radical (unpaired) electrons. The highest BCUT2D eigenvalue weighted by molar-refractivity contribution is 6.39. The van der Waals surface area contributed by atoms with Gasteiger partial charge in [0.2, 0.25) is 0 Å². The van der Waals surface area contributed by atoms with Crippen LogP contribution in [0.4, 0.5) is 5.69 Å². The lowest BCUT2D eigenvalue weighted by atomic mass is 10.2. The summed E-state index contributed by atoms with van der Waals surface area (Å²) in [5, 5.41) is 17.5. The van der Waals surface area contributed by atoms with Gasteiger partial charge in [-0.05, 0) is 43.3 Å². The van der Waals surface area contributed by atoms with E-state index >= 15 is 0 Å². The lowest BCUT2D eigenvalue weighted by Crippen LogP contribution is -2.13. The predicted molar refractivity (Wildman–Crippen MR) is 111 cm³/mol. The molecule has 0 saturated carbocycles. The van der Waals surface area contributed by atoms with E-state index in [4.69, 9.17) is 16.3 Å². The molecule has 7 nitrogen and oxygen atoms in total. The molecule has 0 aliphatic rings. The number of carbonyl (C=O) groups is 1. The minimum atomic E-state index is -0.399. The normalized spacial score (nSPS) is 10.9. The molecule has 0 spiro atoms. The van der Waals surface area contributed by atoms with Crippen molar-refractivity contribution in [2.24, 2.45) is 0 Å². The van der Waals surface area contributed by atoms with E-state index in [1.165, 1.54) is 18.3 Å². The summed E-state index contributed by atoms with van der Waals surface area (Å²) in [5.74, 6) is 0.410. The van der Waals surface area contributed by atoms with E-state index in [2.05, 4.69) is 15.4 Å². The van der Waals surface area contributed by atoms with Crippen LogP contribution in [-0.2, 0) is 0 Å². The number of halogens is 1. The van der Waals surface area contributed by atoms with Gasteiger partial charge in [-0.25, -0.2) is 9.67 Å². The zero-order chi connectivity index (χ0) is 20.5. The van der Waals surface area contributed by atoms with Gasteiger partial charge in [0.05, 0.1) is 34.5 Å². The second-order valence-electron chi connectivity index (χ2n) is 6.38. The number of nitrogens with zero attached hydrogens (tertiary/aromatic N) is 3. The molecule has 0 aliphatic carbocycles. The Kier molecular flexibility index (Phi) is 4.82. The van der Waals surface area contributed by atoms with Gasteiger partial charge in [-0.1, -0.05) is 17.7 Å². The van der Waals surface area contributed by atoms with Gasteiger partial charge in [-0.2, -0.15) is 5.10 Å². The number of aryl methyl sites for hydroxylation is 1. The number of anilines is 1. The molecular formula is C21H17ClN4O3. The number of fused-ring (bicyclic) bond motifs is 1. The highest BCUT2D eigenvalue weighted by atomic mass is 35.5. The maximum Gasteiger partial charge on any atom is 0.258 e. The molecule has 146 valence electrons. The summed E-state index contributed by atoms with van der Waals surface area (Å²) in [6, 6.07) is 13.6. The standard InChI is InChI=1S/C21H17ClN4O3/c1-12-18-19(22)17(21(28)24-13-6-8-15(27)9-7-13)11-23-20(18)26(25-12)14-4-3-5-16(10-14)29-2/h3-11,27H,1-2H3,(H,24,28). The van der Waals surface area contributed by atoms with Crippen molar-refractivity contribution >= 4 is 34.2 Å². The van der Waals surface area contributed by atoms with Crippen molar-refractivity contribution in [1.29, 1.82) is 0 Å². The molecule has 4 aromatic rings. The smallest absolute Gasteiger partial charge is 0.258 e. The topological polar surface area (TPSA) is 89.3 Å². The zero-order valence-corrected chi connectivity index (χ0v) is 16.4. The van der Waals surface area contributed by atoms with Gasteiger partial charge in [0, 0.05) is 18.0 Å². The maximum atomic E-state index is 12.7. The molecular weight excluding hydrogens is 392 g/mol. The average Bonchev–Trinajstić information content (AvgIpc) is 3.07.